The van der Waals surface area contributed by atoms with Crippen molar-refractivity contribution < 1.29 is 17.9 Å². The van der Waals surface area contributed by atoms with Crippen molar-refractivity contribution >= 4 is 0 Å². The van der Waals surface area contributed by atoms with Gasteiger partial charge in [-0.15, -0.1) is 6.58 Å². The van der Waals surface area contributed by atoms with Crippen LogP contribution in [0.3, 0.4) is 0 Å². The Kier molecular flexibility index (Phi) is 4.94. The molecule has 66 valence electrons. The third kappa shape index (κ3) is 5.91. The van der Waals surface area contributed by atoms with Gasteiger partial charge in [-0.05, 0) is 0 Å². The molecule has 4 heteroatoms. The van der Waals surface area contributed by atoms with E-state index in [0.717, 1.165) is 0 Å². The topological polar surface area (TPSA) is 9.23 Å². The van der Waals surface area contributed by atoms with Crippen LogP contribution < -0.4 is 0 Å². The van der Waals surface area contributed by atoms with E-state index in [9.17, 15) is 13.2 Å². The fraction of sp³-hybridized carbons (Fsp3) is 0.714. The van der Waals surface area contributed by atoms with E-state index in [1.807, 2.05) is 0 Å². The van der Waals surface area contributed by atoms with Crippen LogP contribution in [0.2, 0.25) is 0 Å². The van der Waals surface area contributed by atoms with Crippen molar-refractivity contribution in [2.24, 2.45) is 0 Å². The van der Waals surface area contributed by atoms with Crippen LogP contribution >= 0.6 is 0 Å². The second-order valence-electron chi connectivity index (χ2n) is 2.10. The summed E-state index contributed by atoms with van der Waals surface area (Å²) in [5.41, 5.74) is 0. The van der Waals surface area contributed by atoms with Crippen LogP contribution in [0.4, 0.5) is 13.2 Å². The number of hydrogen-bond acceptors (Lipinski definition) is 1. The molecule has 0 unspecified atom stereocenters. The van der Waals surface area contributed by atoms with Crippen molar-refractivity contribution in [2.75, 3.05) is 19.9 Å². The summed E-state index contributed by atoms with van der Waals surface area (Å²) in [6, 6.07) is 0. The van der Waals surface area contributed by atoms with Crippen molar-refractivity contribution in [1.29, 1.82) is 0 Å². The Morgan fingerprint density at radius 2 is 2.09 bits per heavy atom. The zero-order valence-electron chi connectivity index (χ0n) is 6.16. The van der Waals surface area contributed by atoms with Gasteiger partial charge >= 0.3 is 0 Å². The van der Waals surface area contributed by atoms with E-state index >= 15 is 0 Å². The molecule has 0 saturated carbocycles. The van der Waals surface area contributed by atoms with E-state index in [0.29, 0.717) is 0 Å². The fourth-order valence-corrected chi connectivity index (χ4v) is 0.455. The van der Waals surface area contributed by atoms with Crippen molar-refractivity contribution in [3.63, 3.8) is 0 Å². The standard InChI is InChI=1S/C7H11F3O/c1-2-4-11-5-3-7(9,10)6-8/h2H,1,3-6H2. The third-order valence-electron chi connectivity index (χ3n) is 1.04. The Bertz CT molecular complexity index is 114. The molecule has 0 bridgehead atoms. The van der Waals surface area contributed by atoms with E-state index in [4.69, 9.17) is 0 Å². The highest BCUT2D eigenvalue weighted by atomic mass is 19.3. The highest BCUT2D eigenvalue weighted by Gasteiger charge is 2.27. The molecule has 0 N–H and O–H groups in total. The molecule has 0 aromatic heterocycles. The molecule has 0 saturated heterocycles. The van der Waals surface area contributed by atoms with Crippen LogP contribution in [0, 0.1) is 0 Å². The Labute approximate surface area is 63.8 Å². The van der Waals surface area contributed by atoms with Gasteiger partial charge in [0.1, 0.15) is 0 Å². The summed E-state index contributed by atoms with van der Waals surface area (Å²) < 4.78 is 40.3. The highest BCUT2D eigenvalue weighted by Crippen LogP contribution is 2.18. The quantitative estimate of drug-likeness (QED) is 0.436. The summed E-state index contributed by atoms with van der Waals surface area (Å²) in [5.74, 6) is -3.23. The van der Waals surface area contributed by atoms with E-state index in [2.05, 4.69) is 11.3 Å². The van der Waals surface area contributed by atoms with E-state index in [1.165, 1.54) is 6.08 Å². The lowest BCUT2D eigenvalue weighted by Crippen LogP contribution is -2.21. The third-order valence-corrected chi connectivity index (χ3v) is 1.04. The van der Waals surface area contributed by atoms with Gasteiger partial charge in [-0.3, -0.25) is 0 Å². The first-order chi connectivity index (χ1) is 5.12. The minimum absolute atomic E-state index is 0.136. The molecule has 1 nitrogen and oxygen atoms in total. The lowest BCUT2D eigenvalue weighted by Gasteiger charge is -2.10. The summed E-state index contributed by atoms with van der Waals surface area (Å²) in [7, 11) is 0. The van der Waals surface area contributed by atoms with E-state index < -0.39 is 19.0 Å². The Morgan fingerprint density at radius 3 is 2.55 bits per heavy atom. The molecular weight excluding hydrogens is 157 g/mol. The maximum absolute atomic E-state index is 12.1. The molecular formula is C7H11F3O. The molecule has 0 rings (SSSR count). The van der Waals surface area contributed by atoms with Gasteiger partial charge in [-0.2, -0.15) is 0 Å². The van der Waals surface area contributed by atoms with Gasteiger partial charge in [0, 0.05) is 6.42 Å². The summed E-state index contributed by atoms with van der Waals surface area (Å²) in [5, 5.41) is 0. The smallest absolute Gasteiger partial charge is 0.278 e. The van der Waals surface area contributed by atoms with Crippen LogP contribution in [0.15, 0.2) is 12.7 Å². The van der Waals surface area contributed by atoms with Crippen LogP contribution in [0.25, 0.3) is 0 Å². The summed E-state index contributed by atoms with van der Waals surface area (Å²) in [6.45, 7) is 1.80. The lowest BCUT2D eigenvalue weighted by molar-refractivity contribution is -0.0484. The zero-order valence-corrected chi connectivity index (χ0v) is 6.16. The van der Waals surface area contributed by atoms with Gasteiger partial charge in [-0.1, -0.05) is 6.08 Å². The van der Waals surface area contributed by atoms with Crippen molar-refractivity contribution in [2.45, 2.75) is 12.3 Å². The Morgan fingerprint density at radius 1 is 1.45 bits per heavy atom. The summed E-state index contributed by atoms with van der Waals surface area (Å²) in [4.78, 5) is 0. The molecule has 0 aromatic carbocycles. The molecule has 0 amide bonds. The molecule has 0 aliphatic rings. The lowest BCUT2D eigenvalue weighted by atomic mass is 10.3. The van der Waals surface area contributed by atoms with Crippen LogP contribution in [0.5, 0.6) is 0 Å². The SMILES string of the molecule is C=CCOCCC(F)(F)CF. The number of hydrogen-bond donors (Lipinski definition) is 0. The first-order valence-electron chi connectivity index (χ1n) is 3.25. The Hall–Kier alpha value is -0.510. The maximum atomic E-state index is 12.1. The molecule has 0 radical (unpaired) electrons. The fourth-order valence-electron chi connectivity index (χ4n) is 0.455. The second kappa shape index (κ2) is 5.18. The first-order valence-corrected chi connectivity index (χ1v) is 3.25. The van der Waals surface area contributed by atoms with E-state index in [-0.39, 0.29) is 13.2 Å². The van der Waals surface area contributed by atoms with Crippen LogP contribution in [0.1, 0.15) is 6.42 Å². The molecule has 0 aliphatic heterocycles. The molecule has 0 aromatic rings. The average molecular weight is 168 g/mol. The van der Waals surface area contributed by atoms with Gasteiger partial charge in [0.25, 0.3) is 5.92 Å². The molecule has 0 fully saturated rings. The van der Waals surface area contributed by atoms with Crippen LogP contribution in [-0.4, -0.2) is 25.8 Å². The van der Waals surface area contributed by atoms with Gasteiger partial charge in [0.2, 0.25) is 0 Å². The van der Waals surface area contributed by atoms with Crippen molar-refractivity contribution in [1.82, 2.24) is 0 Å². The zero-order chi connectivity index (χ0) is 8.74. The summed E-state index contributed by atoms with van der Waals surface area (Å²) >= 11 is 0. The largest absolute Gasteiger partial charge is 0.377 e. The predicted octanol–water partition coefficient (Wildman–Crippen LogP) is 2.18. The van der Waals surface area contributed by atoms with Gasteiger partial charge in [0.15, 0.2) is 6.67 Å². The number of halogens is 3. The van der Waals surface area contributed by atoms with Crippen molar-refractivity contribution in [3.8, 4) is 0 Å². The molecule has 0 spiro atoms. The van der Waals surface area contributed by atoms with Gasteiger partial charge < -0.3 is 4.74 Å². The summed E-state index contributed by atoms with van der Waals surface area (Å²) in [6.07, 6.45) is 0.880. The average Bonchev–Trinajstić information content (AvgIpc) is 1.99. The predicted molar refractivity (Wildman–Crippen MR) is 36.6 cm³/mol. The molecule has 11 heavy (non-hydrogen) atoms. The number of ether oxygens (including phenoxy) is 1. The monoisotopic (exact) mass is 168 g/mol. The van der Waals surface area contributed by atoms with E-state index in [1.54, 1.807) is 0 Å². The highest BCUT2D eigenvalue weighted by molar-refractivity contribution is 4.66. The molecule has 0 heterocycles. The van der Waals surface area contributed by atoms with Gasteiger partial charge in [0.05, 0.1) is 13.2 Å². The maximum Gasteiger partial charge on any atom is 0.278 e. The molecule has 0 atom stereocenters. The normalized spacial score (nSPS) is 11.5. The van der Waals surface area contributed by atoms with Crippen LogP contribution in [-0.2, 0) is 4.74 Å². The van der Waals surface area contributed by atoms with Gasteiger partial charge in [-0.25, -0.2) is 13.2 Å². The minimum atomic E-state index is -3.23. The first kappa shape index (κ1) is 10.5. The number of alkyl halides is 3. The number of rotatable bonds is 6. The molecule has 0 aliphatic carbocycles. The second-order valence-corrected chi connectivity index (χ2v) is 2.10. The Balaban J connectivity index is 3.29. The van der Waals surface area contributed by atoms with Crippen molar-refractivity contribution in [3.05, 3.63) is 12.7 Å². The minimum Gasteiger partial charge on any atom is -0.377 e.